The Labute approximate surface area is 78.3 Å². The highest BCUT2D eigenvalue weighted by Gasteiger charge is 2.40. The SMILES string of the molecule is COC(=O)C(C)(O)C1CCNCC1. The summed E-state index contributed by atoms with van der Waals surface area (Å²) in [6.45, 7) is 3.25. The van der Waals surface area contributed by atoms with Gasteiger partial charge in [0.2, 0.25) is 0 Å². The van der Waals surface area contributed by atoms with Gasteiger partial charge in [0.25, 0.3) is 0 Å². The van der Waals surface area contributed by atoms with Crippen molar-refractivity contribution in [3.8, 4) is 0 Å². The third kappa shape index (κ3) is 2.19. The first kappa shape index (κ1) is 10.5. The predicted octanol–water partition coefficient (Wildman–Crippen LogP) is -0.0900. The molecule has 0 aromatic carbocycles. The van der Waals surface area contributed by atoms with E-state index in [-0.39, 0.29) is 5.92 Å². The summed E-state index contributed by atoms with van der Waals surface area (Å²) in [5.41, 5.74) is -1.32. The molecule has 0 radical (unpaired) electrons. The van der Waals surface area contributed by atoms with Gasteiger partial charge in [-0.3, -0.25) is 0 Å². The maximum absolute atomic E-state index is 11.2. The third-order valence-corrected chi connectivity index (χ3v) is 2.73. The zero-order chi connectivity index (χ0) is 9.90. The highest BCUT2D eigenvalue weighted by atomic mass is 16.5. The zero-order valence-corrected chi connectivity index (χ0v) is 8.17. The molecule has 0 saturated carbocycles. The second kappa shape index (κ2) is 4.07. The highest BCUT2D eigenvalue weighted by Crippen LogP contribution is 2.26. The third-order valence-electron chi connectivity index (χ3n) is 2.73. The van der Waals surface area contributed by atoms with Gasteiger partial charge in [-0.05, 0) is 32.9 Å². The normalized spacial score (nSPS) is 23.6. The number of methoxy groups -OCH3 is 1. The van der Waals surface area contributed by atoms with Gasteiger partial charge in [-0.2, -0.15) is 0 Å². The van der Waals surface area contributed by atoms with Crippen molar-refractivity contribution in [3.05, 3.63) is 0 Å². The summed E-state index contributed by atoms with van der Waals surface area (Å²) in [4.78, 5) is 11.2. The van der Waals surface area contributed by atoms with E-state index in [4.69, 9.17) is 0 Å². The van der Waals surface area contributed by atoms with Gasteiger partial charge in [-0.15, -0.1) is 0 Å². The molecular formula is C9H17NO3. The molecular weight excluding hydrogens is 170 g/mol. The summed E-state index contributed by atoms with van der Waals surface area (Å²) in [5.74, 6) is -0.513. The fraction of sp³-hybridized carbons (Fsp3) is 0.889. The number of piperidine rings is 1. The van der Waals surface area contributed by atoms with Crippen LogP contribution in [-0.4, -0.2) is 36.9 Å². The number of hydrogen-bond acceptors (Lipinski definition) is 4. The quantitative estimate of drug-likeness (QED) is 0.593. The number of carbonyl (C=O) groups excluding carboxylic acids is 1. The van der Waals surface area contributed by atoms with E-state index in [0.717, 1.165) is 25.9 Å². The smallest absolute Gasteiger partial charge is 0.337 e. The lowest BCUT2D eigenvalue weighted by atomic mass is 9.82. The first-order chi connectivity index (χ1) is 6.09. The molecule has 4 nitrogen and oxygen atoms in total. The lowest BCUT2D eigenvalue weighted by Crippen LogP contribution is -2.47. The van der Waals surface area contributed by atoms with E-state index in [2.05, 4.69) is 10.1 Å². The van der Waals surface area contributed by atoms with Crippen LogP contribution in [0.1, 0.15) is 19.8 Å². The monoisotopic (exact) mass is 187 g/mol. The number of nitrogens with one attached hydrogen (secondary N) is 1. The van der Waals surface area contributed by atoms with Gasteiger partial charge < -0.3 is 15.2 Å². The van der Waals surface area contributed by atoms with Crippen LogP contribution < -0.4 is 5.32 Å². The van der Waals surface area contributed by atoms with Crippen LogP contribution in [0.5, 0.6) is 0 Å². The van der Waals surface area contributed by atoms with Crippen LogP contribution in [0.2, 0.25) is 0 Å². The molecule has 1 heterocycles. The van der Waals surface area contributed by atoms with Gasteiger partial charge >= 0.3 is 5.97 Å². The molecule has 0 bridgehead atoms. The predicted molar refractivity (Wildman–Crippen MR) is 48.2 cm³/mol. The van der Waals surface area contributed by atoms with Crippen LogP contribution in [-0.2, 0) is 9.53 Å². The first-order valence-electron chi connectivity index (χ1n) is 4.60. The van der Waals surface area contributed by atoms with Crippen molar-refractivity contribution in [2.24, 2.45) is 5.92 Å². The molecule has 4 heteroatoms. The van der Waals surface area contributed by atoms with Gasteiger partial charge in [-0.25, -0.2) is 4.79 Å². The summed E-state index contributed by atoms with van der Waals surface area (Å²) in [6, 6.07) is 0. The van der Waals surface area contributed by atoms with Gasteiger partial charge in [-0.1, -0.05) is 0 Å². The largest absolute Gasteiger partial charge is 0.467 e. The molecule has 1 aliphatic heterocycles. The molecule has 0 aliphatic carbocycles. The van der Waals surface area contributed by atoms with Crippen LogP contribution in [0.3, 0.4) is 0 Å². The molecule has 0 aromatic heterocycles. The van der Waals surface area contributed by atoms with E-state index in [1.165, 1.54) is 14.0 Å². The van der Waals surface area contributed by atoms with Crippen LogP contribution in [0.4, 0.5) is 0 Å². The second-order valence-corrected chi connectivity index (χ2v) is 3.66. The van der Waals surface area contributed by atoms with Crippen molar-refractivity contribution in [2.75, 3.05) is 20.2 Å². The topological polar surface area (TPSA) is 58.6 Å². The lowest BCUT2D eigenvalue weighted by Gasteiger charge is -2.33. The molecule has 1 aliphatic rings. The maximum Gasteiger partial charge on any atom is 0.337 e. The Morgan fingerprint density at radius 3 is 2.54 bits per heavy atom. The maximum atomic E-state index is 11.2. The van der Waals surface area contributed by atoms with Crippen molar-refractivity contribution in [1.82, 2.24) is 5.32 Å². The Morgan fingerprint density at radius 2 is 2.08 bits per heavy atom. The zero-order valence-electron chi connectivity index (χ0n) is 8.17. The molecule has 2 N–H and O–H groups in total. The standard InChI is InChI=1S/C9H17NO3/c1-9(12,8(11)13-2)7-3-5-10-6-4-7/h7,10,12H,3-6H2,1-2H3. The van der Waals surface area contributed by atoms with Gasteiger partial charge in [0.05, 0.1) is 7.11 Å². The van der Waals surface area contributed by atoms with Crippen LogP contribution >= 0.6 is 0 Å². The fourth-order valence-corrected chi connectivity index (χ4v) is 1.76. The molecule has 0 amide bonds. The molecule has 1 atom stereocenters. The molecule has 0 aromatic rings. The average molecular weight is 187 g/mol. The summed E-state index contributed by atoms with van der Waals surface area (Å²) in [5, 5.41) is 13.1. The van der Waals surface area contributed by atoms with Crippen molar-refractivity contribution in [3.63, 3.8) is 0 Å². The minimum Gasteiger partial charge on any atom is -0.467 e. The van der Waals surface area contributed by atoms with Gasteiger partial charge in [0.1, 0.15) is 0 Å². The minimum absolute atomic E-state index is 0.0150. The molecule has 1 rings (SSSR count). The minimum atomic E-state index is -1.32. The van der Waals surface area contributed by atoms with Crippen molar-refractivity contribution < 1.29 is 14.6 Å². The number of hydrogen-bond donors (Lipinski definition) is 2. The summed E-state index contributed by atoms with van der Waals surface area (Å²) >= 11 is 0. The number of aliphatic hydroxyl groups is 1. The Balaban J connectivity index is 2.60. The lowest BCUT2D eigenvalue weighted by molar-refractivity contribution is -0.167. The molecule has 1 unspecified atom stereocenters. The fourth-order valence-electron chi connectivity index (χ4n) is 1.76. The number of carbonyl (C=O) groups is 1. The summed E-state index contributed by atoms with van der Waals surface area (Å²) in [6.07, 6.45) is 1.64. The Morgan fingerprint density at radius 1 is 1.54 bits per heavy atom. The number of ether oxygens (including phenoxy) is 1. The molecule has 76 valence electrons. The Kier molecular flexibility index (Phi) is 3.27. The van der Waals surface area contributed by atoms with Crippen molar-refractivity contribution >= 4 is 5.97 Å². The number of esters is 1. The van der Waals surface area contributed by atoms with Gasteiger partial charge in [0, 0.05) is 5.92 Å². The average Bonchev–Trinajstić information content (AvgIpc) is 2.18. The first-order valence-corrected chi connectivity index (χ1v) is 4.60. The van der Waals surface area contributed by atoms with Crippen LogP contribution in [0, 0.1) is 5.92 Å². The highest BCUT2D eigenvalue weighted by molar-refractivity contribution is 5.79. The summed E-state index contributed by atoms with van der Waals surface area (Å²) in [7, 11) is 1.30. The van der Waals surface area contributed by atoms with E-state index in [9.17, 15) is 9.90 Å². The summed E-state index contributed by atoms with van der Waals surface area (Å²) < 4.78 is 4.56. The number of rotatable bonds is 2. The second-order valence-electron chi connectivity index (χ2n) is 3.66. The Hall–Kier alpha value is -0.610. The molecule has 1 fully saturated rings. The van der Waals surface area contributed by atoms with Crippen LogP contribution in [0.15, 0.2) is 0 Å². The van der Waals surface area contributed by atoms with Crippen LogP contribution in [0.25, 0.3) is 0 Å². The molecule has 1 saturated heterocycles. The van der Waals surface area contributed by atoms with Gasteiger partial charge in [0.15, 0.2) is 5.60 Å². The van der Waals surface area contributed by atoms with E-state index >= 15 is 0 Å². The molecule has 0 spiro atoms. The van der Waals surface area contributed by atoms with E-state index in [1.54, 1.807) is 0 Å². The van der Waals surface area contributed by atoms with E-state index in [1.807, 2.05) is 0 Å². The van der Waals surface area contributed by atoms with Crippen molar-refractivity contribution in [1.29, 1.82) is 0 Å². The van der Waals surface area contributed by atoms with E-state index in [0.29, 0.717) is 0 Å². The molecule has 13 heavy (non-hydrogen) atoms. The Bertz CT molecular complexity index is 185. The van der Waals surface area contributed by atoms with E-state index < -0.39 is 11.6 Å². The van der Waals surface area contributed by atoms with Crippen molar-refractivity contribution in [2.45, 2.75) is 25.4 Å².